The van der Waals surface area contributed by atoms with Gasteiger partial charge in [-0.25, -0.2) is 4.39 Å². The van der Waals surface area contributed by atoms with E-state index in [0.29, 0.717) is 49.3 Å². The Bertz CT molecular complexity index is 1010. The first-order valence-electron chi connectivity index (χ1n) is 15.5. The molecule has 5 fully saturated rings. The van der Waals surface area contributed by atoms with Crippen molar-refractivity contribution >= 4 is 5.91 Å². The van der Waals surface area contributed by atoms with Crippen LogP contribution in [0.4, 0.5) is 4.39 Å². The summed E-state index contributed by atoms with van der Waals surface area (Å²) in [6, 6.07) is 10.0. The number of likely N-dealkylation sites (tertiary alicyclic amines) is 1. The van der Waals surface area contributed by atoms with Crippen LogP contribution in [0.1, 0.15) is 97.8 Å². The van der Waals surface area contributed by atoms with Crippen LogP contribution in [-0.2, 0) is 4.79 Å². The van der Waals surface area contributed by atoms with Crippen molar-refractivity contribution in [1.82, 2.24) is 4.90 Å². The third-order valence-electron chi connectivity index (χ3n) is 12.6. The summed E-state index contributed by atoms with van der Waals surface area (Å²) >= 11 is 0. The van der Waals surface area contributed by atoms with Crippen LogP contribution in [0.5, 0.6) is 5.75 Å². The van der Waals surface area contributed by atoms with Crippen molar-refractivity contribution in [2.24, 2.45) is 34.5 Å². The number of benzene rings is 1. The second kappa shape index (κ2) is 9.78. The Morgan fingerprint density at radius 3 is 2.34 bits per heavy atom. The summed E-state index contributed by atoms with van der Waals surface area (Å²) in [4.78, 5) is 16.1. The maximum absolute atomic E-state index is 13.8. The van der Waals surface area contributed by atoms with E-state index in [1.54, 1.807) is 0 Å². The maximum Gasteiger partial charge on any atom is 0.226 e. The average molecular weight is 526 g/mol. The number of halogens is 1. The predicted octanol–water partition coefficient (Wildman–Crippen LogP) is 6.95. The Labute approximate surface area is 228 Å². The minimum absolute atomic E-state index is 0.0122. The molecule has 1 aliphatic heterocycles. The van der Waals surface area contributed by atoms with Crippen LogP contribution in [0.3, 0.4) is 0 Å². The van der Waals surface area contributed by atoms with Gasteiger partial charge in [-0.1, -0.05) is 32.0 Å². The summed E-state index contributed by atoms with van der Waals surface area (Å²) < 4.78 is 20.4. The third-order valence-corrected chi connectivity index (χ3v) is 12.6. The smallest absolute Gasteiger partial charge is 0.226 e. The van der Waals surface area contributed by atoms with Gasteiger partial charge in [0.25, 0.3) is 0 Å². The number of alkyl halides is 1. The van der Waals surface area contributed by atoms with Crippen molar-refractivity contribution in [2.75, 3.05) is 6.54 Å². The van der Waals surface area contributed by atoms with E-state index in [-0.39, 0.29) is 28.4 Å². The standard InChI is InChI=1S/C33H48FNO3/c1-31-19-17-28(36)29(38-24-8-5-4-6-9-24)32(31,2)18-15-25-26(31)16-20-33(3)27(25)10-7-21-35(33)30(37)22-11-13-23(34)14-12-22/h4-6,8-9,22-23,25-29,36H,7,10-21H2,1-3H3/t22-,23+,25-,26+,27+,28+,29+,31-,32+,33+/m1/s1. The molecule has 1 N–H and O–H groups in total. The highest BCUT2D eigenvalue weighted by atomic mass is 19.1. The Balaban J connectivity index is 1.25. The number of carbonyl (C=O) groups excluding carboxylic acids is 1. The van der Waals surface area contributed by atoms with E-state index in [1.807, 2.05) is 30.3 Å². The molecular formula is C33H48FNO3. The number of carbonyl (C=O) groups is 1. The van der Waals surface area contributed by atoms with Crippen molar-refractivity contribution in [3.8, 4) is 5.75 Å². The number of amides is 1. The molecule has 0 radical (unpaired) electrons. The maximum atomic E-state index is 13.8. The lowest BCUT2D eigenvalue weighted by atomic mass is 9.40. The predicted molar refractivity (Wildman–Crippen MR) is 147 cm³/mol. The first kappa shape index (κ1) is 26.6. The van der Waals surface area contributed by atoms with Gasteiger partial charge in [-0.2, -0.15) is 0 Å². The molecule has 210 valence electrons. The van der Waals surface area contributed by atoms with Gasteiger partial charge in [-0.3, -0.25) is 4.79 Å². The molecule has 4 nitrogen and oxygen atoms in total. The second-order valence-electron chi connectivity index (χ2n) is 14.2. The number of hydrogen-bond acceptors (Lipinski definition) is 3. The number of hydrogen-bond donors (Lipinski definition) is 1. The van der Waals surface area contributed by atoms with E-state index in [0.717, 1.165) is 57.2 Å². The van der Waals surface area contributed by atoms with Gasteiger partial charge in [-0.15, -0.1) is 0 Å². The lowest BCUT2D eigenvalue weighted by molar-refractivity contribution is -0.222. The number of para-hydroxylation sites is 1. The molecule has 1 heterocycles. The van der Waals surface area contributed by atoms with Gasteiger partial charge in [-0.05, 0) is 119 Å². The molecule has 8 atom stereocenters. The molecule has 0 aromatic heterocycles. The highest BCUT2D eigenvalue weighted by molar-refractivity contribution is 5.80. The monoisotopic (exact) mass is 525 g/mol. The molecule has 4 saturated carbocycles. The van der Waals surface area contributed by atoms with Gasteiger partial charge in [0, 0.05) is 23.4 Å². The Kier molecular flexibility index (Phi) is 6.85. The molecule has 6 rings (SSSR count). The number of aliphatic hydroxyl groups excluding tert-OH is 1. The Hall–Kier alpha value is -1.62. The summed E-state index contributed by atoms with van der Waals surface area (Å²) in [6.07, 6.45) is 9.67. The van der Waals surface area contributed by atoms with E-state index in [1.165, 1.54) is 6.42 Å². The zero-order valence-electron chi connectivity index (χ0n) is 23.7. The van der Waals surface area contributed by atoms with Crippen LogP contribution in [0.25, 0.3) is 0 Å². The molecule has 1 aromatic rings. The second-order valence-corrected chi connectivity index (χ2v) is 14.2. The average Bonchev–Trinajstić information content (AvgIpc) is 2.92. The molecule has 38 heavy (non-hydrogen) atoms. The molecule has 1 aromatic carbocycles. The van der Waals surface area contributed by atoms with Gasteiger partial charge in [0.15, 0.2) is 0 Å². The van der Waals surface area contributed by atoms with Gasteiger partial charge < -0.3 is 14.7 Å². The lowest BCUT2D eigenvalue weighted by Crippen LogP contribution is -2.69. The fourth-order valence-corrected chi connectivity index (χ4v) is 10.2. The molecule has 5 aliphatic rings. The van der Waals surface area contributed by atoms with Crippen LogP contribution in [0, 0.1) is 34.5 Å². The van der Waals surface area contributed by atoms with Crippen molar-refractivity contribution < 1.29 is 19.0 Å². The Morgan fingerprint density at radius 2 is 1.61 bits per heavy atom. The number of aliphatic hydroxyl groups is 1. The van der Waals surface area contributed by atoms with Crippen LogP contribution in [-0.4, -0.2) is 46.4 Å². The van der Waals surface area contributed by atoms with E-state index in [9.17, 15) is 14.3 Å². The fraction of sp³-hybridized carbons (Fsp3) is 0.788. The molecular weight excluding hydrogens is 477 g/mol. The highest BCUT2D eigenvalue weighted by Gasteiger charge is 2.66. The van der Waals surface area contributed by atoms with Crippen molar-refractivity contribution in [3.05, 3.63) is 30.3 Å². The van der Waals surface area contributed by atoms with Gasteiger partial charge in [0.1, 0.15) is 18.0 Å². The summed E-state index contributed by atoms with van der Waals surface area (Å²) in [5.41, 5.74) is -0.0758. The summed E-state index contributed by atoms with van der Waals surface area (Å²) in [6.45, 7) is 8.15. The normalized spacial score (nSPS) is 46.9. The number of nitrogens with zero attached hydrogens (tertiary/aromatic N) is 1. The molecule has 0 unspecified atom stereocenters. The summed E-state index contributed by atoms with van der Waals surface area (Å²) in [7, 11) is 0. The molecule has 1 saturated heterocycles. The first-order chi connectivity index (χ1) is 18.2. The minimum Gasteiger partial charge on any atom is -0.487 e. The van der Waals surface area contributed by atoms with E-state index >= 15 is 0 Å². The van der Waals surface area contributed by atoms with Crippen LogP contribution in [0.15, 0.2) is 30.3 Å². The van der Waals surface area contributed by atoms with Gasteiger partial charge in [0.05, 0.1) is 6.10 Å². The quantitative estimate of drug-likeness (QED) is 0.465. The Morgan fingerprint density at radius 1 is 0.895 bits per heavy atom. The zero-order chi connectivity index (χ0) is 26.7. The number of piperidine rings is 1. The van der Waals surface area contributed by atoms with E-state index in [4.69, 9.17) is 4.74 Å². The molecule has 1 amide bonds. The third kappa shape index (κ3) is 4.04. The SMILES string of the molecule is C[C@]12CC[C@H]3[C@@H](CC[C@@]4(C)[C@@H](Oc5ccccc5)[C@@H](O)CC[C@]34C)[C@@H]1CCCN2C(=O)[C@H]1CC[C@@H](F)CC1. The topological polar surface area (TPSA) is 49.8 Å². The molecule has 0 spiro atoms. The highest BCUT2D eigenvalue weighted by Crippen LogP contribution is 2.68. The largest absolute Gasteiger partial charge is 0.487 e. The summed E-state index contributed by atoms with van der Waals surface area (Å²) in [5, 5.41) is 11.2. The molecule has 4 aliphatic carbocycles. The fourth-order valence-electron chi connectivity index (χ4n) is 10.2. The van der Waals surface area contributed by atoms with Crippen molar-refractivity contribution in [3.63, 3.8) is 0 Å². The van der Waals surface area contributed by atoms with Crippen molar-refractivity contribution in [1.29, 1.82) is 0 Å². The van der Waals surface area contributed by atoms with Crippen LogP contribution in [0.2, 0.25) is 0 Å². The first-order valence-corrected chi connectivity index (χ1v) is 15.5. The number of ether oxygens (including phenoxy) is 1. The zero-order valence-corrected chi connectivity index (χ0v) is 23.7. The summed E-state index contributed by atoms with van der Waals surface area (Å²) in [5.74, 6) is 2.90. The van der Waals surface area contributed by atoms with Crippen LogP contribution < -0.4 is 4.74 Å². The lowest BCUT2D eigenvalue weighted by Gasteiger charge is -2.68. The van der Waals surface area contributed by atoms with Gasteiger partial charge >= 0.3 is 0 Å². The number of rotatable bonds is 3. The number of fused-ring (bicyclic) bond motifs is 5. The molecule has 5 heteroatoms. The minimum atomic E-state index is -0.722. The van der Waals surface area contributed by atoms with Crippen LogP contribution >= 0.6 is 0 Å². The van der Waals surface area contributed by atoms with E-state index in [2.05, 4.69) is 25.7 Å². The van der Waals surface area contributed by atoms with Crippen molar-refractivity contribution in [2.45, 2.75) is 122 Å². The van der Waals surface area contributed by atoms with Gasteiger partial charge in [0.2, 0.25) is 5.91 Å². The van der Waals surface area contributed by atoms with E-state index < -0.39 is 12.3 Å². The molecule has 0 bridgehead atoms.